The summed E-state index contributed by atoms with van der Waals surface area (Å²) in [5.74, 6) is 2.50. The molecule has 1 atom stereocenters. The SMILES string of the molecule is COc1cc(CNC(=O)C2CC23CCNCC3)ccc1OCCC(C)C.Cl. The summed E-state index contributed by atoms with van der Waals surface area (Å²) in [5.41, 5.74) is 1.31. The van der Waals surface area contributed by atoms with E-state index in [-0.39, 0.29) is 29.6 Å². The number of hydrogen-bond donors (Lipinski definition) is 2. The lowest BCUT2D eigenvalue weighted by molar-refractivity contribution is -0.123. The molecule has 1 saturated carbocycles. The lowest BCUT2D eigenvalue weighted by atomic mass is 9.92. The molecule has 1 heterocycles. The quantitative estimate of drug-likeness (QED) is 0.705. The van der Waals surface area contributed by atoms with Crippen molar-refractivity contribution >= 4 is 18.3 Å². The zero-order valence-corrected chi connectivity index (χ0v) is 17.5. The third-order valence-electron chi connectivity index (χ3n) is 5.75. The van der Waals surface area contributed by atoms with Crippen LogP contribution in [0.1, 0.15) is 45.1 Å². The molecule has 27 heavy (non-hydrogen) atoms. The molecule has 5 nitrogen and oxygen atoms in total. The Hall–Kier alpha value is -1.46. The van der Waals surface area contributed by atoms with E-state index in [2.05, 4.69) is 24.5 Å². The number of nitrogens with one attached hydrogen (secondary N) is 2. The van der Waals surface area contributed by atoms with E-state index < -0.39 is 0 Å². The molecule has 1 aromatic carbocycles. The summed E-state index contributed by atoms with van der Waals surface area (Å²) in [5, 5.41) is 6.48. The van der Waals surface area contributed by atoms with Gasteiger partial charge in [-0.2, -0.15) is 0 Å². The molecular weight excluding hydrogens is 364 g/mol. The molecule has 6 heteroatoms. The first-order valence-electron chi connectivity index (χ1n) is 9.82. The van der Waals surface area contributed by atoms with Gasteiger partial charge in [-0.05, 0) is 67.8 Å². The molecule has 2 aliphatic rings. The van der Waals surface area contributed by atoms with Crippen molar-refractivity contribution in [1.29, 1.82) is 0 Å². The molecular formula is C21H33ClN2O3. The second kappa shape index (κ2) is 9.65. The zero-order valence-electron chi connectivity index (χ0n) is 16.7. The predicted octanol–water partition coefficient (Wildman–Crippen LogP) is 3.55. The monoisotopic (exact) mass is 396 g/mol. The minimum Gasteiger partial charge on any atom is -0.493 e. The van der Waals surface area contributed by atoms with Crippen LogP contribution in [-0.4, -0.2) is 32.7 Å². The van der Waals surface area contributed by atoms with Gasteiger partial charge in [0.2, 0.25) is 5.91 Å². The average molecular weight is 397 g/mol. The maximum atomic E-state index is 12.5. The number of rotatable bonds is 8. The first-order valence-corrected chi connectivity index (χ1v) is 9.82. The molecule has 0 radical (unpaired) electrons. The molecule has 2 N–H and O–H groups in total. The molecule has 1 unspecified atom stereocenters. The van der Waals surface area contributed by atoms with Crippen molar-refractivity contribution in [3.05, 3.63) is 23.8 Å². The Morgan fingerprint density at radius 2 is 2.04 bits per heavy atom. The van der Waals surface area contributed by atoms with Gasteiger partial charge in [-0.1, -0.05) is 19.9 Å². The first kappa shape index (κ1) is 21.8. The van der Waals surface area contributed by atoms with Crippen molar-refractivity contribution in [3.63, 3.8) is 0 Å². The van der Waals surface area contributed by atoms with Crippen molar-refractivity contribution in [1.82, 2.24) is 10.6 Å². The van der Waals surface area contributed by atoms with Gasteiger partial charge in [0.05, 0.1) is 13.7 Å². The van der Waals surface area contributed by atoms with Crippen LogP contribution in [0.15, 0.2) is 18.2 Å². The van der Waals surface area contributed by atoms with Gasteiger partial charge in [0, 0.05) is 12.5 Å². The van der Waals surface area contributed by atoms with E-state index in [1.807, 2.05) is 18.2 Å². The van der Waals surface area contributed by atoms with Crippen molar-refractivity contribution in [2.75, 3.05) is 26.8 Å². The highest BCUT2D eigenvalue weighted by molar-refractivity contribution is 5.85. The van der Waals surface area contributed by atoms with Gasteiger partial charge in [-0.3, -0.25) is 4.79 Å². The lowest BCUT2D eigenvalue weighted by Gasteiger charge is -2.23. The third kappa shape index (κ3) is 5.52. The highest BCUT2D eigenvalue weighted by atomic mass is 35.5. The van der Waals surface area contributed by atoms with Gasteiger partial charge < -0.3 is 20.1 Å². The van der Waals surface area contributed by atoms with E-state index in [1.54, 1.807) is 7.11 Å². The van der Waals surface area contributed by atoms with Crippen LogP contribution in [0.5, 0.6) is 11.5 Å². The second-order valence-corrected chi connectivity index (χ2v) is 8.10. The van der Waals surface area contributed by atoms with Crippen molar-refractivity contribution < 1.29 is 14.3 Å². The number of ether oxygens (including phenoxy) is 2. The van der Waals surface area contributed by atoms with E-state index in [0.717, 1.165) is 55.8 Å². The fourth-order valence-electron chi connectivity index (χ4n) is 3.85. The van der Waals surface area contributed by atoms with Gasteiger partial charge in [0.1, 0.15) is 0 Å². The molecule has 1 aromatic rings. The third-order valence-corrected chi connectivity index (χ3v) is 5.75. The molecule has 1 aliphatic heterocycles. The van der Waals surface area contributed by atoms with E-state index in [9.17, 15) is 4.79 Å². The number of benzene rings is 1. The number of amides is 1. The van der Waals surface area contributed by atoms with Gasteiger partial charge in [0.15, 0.2) is 11.5 Å². The molecule has 1 saturated heterocycles. The Balaban J connectivity index is 0.00000261. The summed E-state index contributed by atoms with van der Waals surface area (Å²) in [6, 6.07) is 5.89. The number of piperidine rings is 1. The fourth-order valence-corrected chi connectivity index (χ4v) is 3.85. The van der Waals surface area contributed by atoms with Crippen LogP contribution in [0.2, 0.25) is 0 Å². The van der Waals surface area contributed by atoms with Crippen LogP contribution in [0.4, 0.5) is 0 Å². The Morgan fingerprint density at radius 1 is 1.30 bits per heavy atom. The zero-order chi connectivity index (χ0) is 18.6. The topological polar surface area (TPSA) is 59.6 Å². The van der Waals surface area contributed by atoms with Crippen LogP contribution in [-0.2, 0) is 11.3 Å². The standard InChI is InChI=1S/C21H32N2O3.ClH/c1-15(2)6-11-26-18-5-4-16(12-19(18)25-3)14-23-20(24)17-13-21(17)7-9-22-10-8-21;/h4-5,12,15,17,22H,6-11,13-14H2,1-3H3,(H,23,24);1H. The van der Waals surface area contributed by atoms with Crippen LogP contribution in [0.3, 0.4) is 0 Å². The fraction of sp³-hybridized carbons (Fsp3) is 0.667. The van der Waals surface area contributed by atoms with Gasteiger partial charge >= 0.3 is 0 Å². The van der Waals surface area contributed by atoms with E-state index in [4.69, 9.17) is 9.47 Å². The van der Waals surface area contributed by atoms with E-state index in [0.29, 0.717) is 19.1 Å². The molecule has 1 amide bonds. The Morgan fingerprint density at radius 3 is 2.70 bits per heavy atom. The highest BCUT2D eigenvalue weighted by Crippen LogP contribution is 2.58. The normalized spacial score (nSPS) is 20.1. The Bertz CT molecular complexity index is 630. The number of methoxy groups -OCH3 is 1. The number of hydrogen-bond acceptors (Lipinski definition) is 4. The number of halogens is 1. The van der Waals surface area contributed by atoms with Gasteiger partial charge in [-0.25, -0.2) is 0 Å². The molecule has 0 bridgehead atoms. The smallest absolute Gasteiger partial charge is 0.223 e. The van der Waals surface area contributed by atoms with Crippen molar-refractivity contribution in [2.45, 2.75) is 46.1 Å². The van der Waals surface area contributed by atoms with Crippen LogP contribution in [0.25, 0.3) is 0 Å². The Labute approximate surface area is 169 Å². The first-order chi connectivity index (χ1) is 12.5. The summed E-state index contributed by atoms with van der Waals surface area (Å²) in [6.45, 7) is 7.66. The summed E-state index contributed by atoms with van der Waals surface area (Å²) in [4.78, 5) is 12.5. The van der Waals surface area contributed by atoms with E-state index in [1.165, 1.54) is 0 Å². The lowest BCUT2D eigenvalue weighted by Crippen LogP contribution is -2.33. The number of carbonyl (C=O) groups excluding carboxylic acids is 1. The van der Waals surface area contributed by atoms with Crippen molar-refractivity contribution in [3.8, 4) is 11.5 Å². The second-order valence-electron chi connectivity index (χ2n) is 8.10. The molecule has 152 valence electrons. The molecule has 1 aliphatic carbocycles. The summed E-state index contributed by atoms with van der Waals surface area (Å²) >= 11 is 0. The van der Waals surface area contributed by atoms with Gasteiger partial charge in [-0.15, -0.1) is 12.4 Å². The van der Waals surface area contributed by atoms with Crippen molar-refractivity contribution in [2.24, 2.45) is 17.3 Å². The molecule has 2 fully saturated rings. The van der Waals surface area contributed by atoms with E-state index >= 15 is 0 Å². The molecule has 3 rings (SSSR count). The average Bonchev–Trinajstić information content (AvgIpc) is 3.33. The maximum Gasteiger partial charge on any atom is 0.223 e. The minimum absolute atomic E-state index is 0. The largest absolute Gasteiger partial charge is 0.493 e. The minimum atomic E-state index is 0. The highest BCUT2D eigenvalue weighted by Gasteiger charge is 2.57. The maximum absolute atomic E-state index is 12.5. The van der Waals surface area contributed by atoms with Crippen LogP contribution < -0.4 is 20.1 Å². The van der Waals surface area contributed by atoms with Crippen LogP contribution >= 0.6 is 12.4 Å². The summed E-state index contributed by atoms with van der Waals surface area (Å²) < 4.78 is 11.3. The summed E-state index contributed by atoms with van der Waals surface area (Å²) in [7, 11) is 1.65. The predicted molar refractivity (Wildman–Crippen MR) is 110 cm³/mol. The summed E-state index contributed by atoms with van der Waals surface area (Å²) in [6.07, 6.45) is 4.31. The van der Waals surface area contributed by atoms with Gasteiger partial charge in [0.25, 0.3) is 0 Å². The molecule has 0 aromatic heterocycles. The van der Waals surface area contributed by atoms with Crippen LogP contribution in [0, 0.1) is 17.3 Å². The Kier molecular flexibility index (Phi) is 7.80. The number of carbonyl (C=O) groups is 1. The molecule has 1 spiro atoms.